The van der Waals surface area contributed by atoms with Crippen LogP contribution in [0.3, 0.4) is 0 Å². The van der Waals surface area contributed by atoms with Gasteiger partial charge < -0.3 is 19.1 Å². The number of piperazine rings is 1. The van der Waals surface area contributed by atoms with Gasteiger partial charge in [0.1, 0.15) is 17.3 Å². The molecule has 2 aromatic rings. The van der Waals surface area contributed by atoms with E-state index in [0.717, 1.165) is 18.7 Å². The molecule has 150 valence electrons. The molecule has 2 aromatic heterocycles. The van der Waals surface area contributed by atoms with Crippen LogP contribution in [0.15, 0.2) is 28.9 Å². The molecule has 0 atom stereocenters. The first-order chi connectivity index (χ1) is 13.5. The average Bonchev–Trinajstić information content (AvgIpc) is 3.25. The lowest BCUT2D eigenvalue weighted by Crippen LogP contribution is -2.49. The van der Waals surface area contributed by atoms with Gasteiger partial charge in [-0.2, -0.15) is 0 Å². The summed E-state index contributed by atoms with van der Waals surface area (Å²) in [5.41, 5.74) is 0.412. The Balaban J connectivity index is 1.67. The number of amides is 2. The zero-order valence-corrected chi connectivity index (χ0v) is 16.7. The lowest BCUT2D eigenvalue weighted by molar-refractivity contribution is 0.0714. The largest absolute Gasteiger partial charge is 0.459 e. The van der Waals surface area contributed by atoms with Crippen LogP contribution in [0.25, 0.3) is 0 Å². The van der Waals surface area contributed by atoms with Crippen LogP contribution in [0.4, 0.5) is 5.82 Å². The van der Waals surface area contributed by atoms with Gasteiger partial charge in [0.2, 0.25) is 0 Å². The summed E-state index contributed by atoms with van der Waals surface area (Å²) < 4.78 is 5.20. The molecule has 0 radical (unpaired) electrons. The first kappa shape index (κ1) is 19.9. The van der Waals surface area contributed by atoms with Crippen LogP contribution in [-0.2, 0) is 0 Å². The van der Waals surface area contributed by atoms with Crippen molar-refractivity contribution in [1.29, 1.82) is 0 Å². The molecule has 3 heterocycles. The fraction of sp³-hybridized carbons (Fsp3) is 0.500. The Morgan fingerprint density at radius 3 is 2.61 bits per heavy atom. The molecule has 1 saturated heterocycles. The number of aryl methyl sites for hydroxylation is 1. The maximum atomic E-state index is 12.7. The Morgan fingerprint density at radius 2 is 1.96 bits per heavy atom. The highest BCUT2D eigenvalue weighted by Gasteiger charge is 2.25. The molecule has 0 saturated carbocycles. The van der Waals surface area contributed by atoms with Crippen LogP contribution >= 0.6 is 0 Å². The SMILES string of the molecule is CCCCN(C)C(=O)c1cc(N2CCN(C(=O)c3ccco3)CC2)nc(C)n1. The monoisotopic (exact) mass is 385 g/mol. The van der Waals surface area contributed by atoms with Crippen LogP contribution in [0, 0.1) is 6.92 Å². The van der Waals surface area contributed by atoms with E-state index < -0.39 is 0 Å². The minimum absolute atomic E-state index is 0.0909. The molecule has 3 rings (SSSR count). The van der Waals surface area contributed by atoms with Gasteiger partial charge in [-0.05, 0) is 25.5 Å². The Hall–Kier alpha value is -2.90. The summed E-state index contributed by atoms with van der Waals surface area (Å²) in [4.78, 5) is 39.5. The second-order valence-electron chi connectivity index (χ2n) is 7.00. The summed E-state index contributed by atoms with van der Waals surface area (Å²) in [6.45, 7) is 7.03. The topological polar surface area (TPSA) is 82.8 Å². The van der Waals surface area contributed by atoms with E-state index in [0.29, 0.717) is 50.0 Å². The van der Waals surface area contributed by atoms with Gasteiger partial charge in [-0.15, -0.1) is 0 Å². The van der Waals surface area contributed by atoms with E-state index >= 15 is 0 Å². The fourth-order valence-electron chi connectivity index (χ4n) is 3.21. The normalized spacial score (nSPS) is 14.2. The van der Waals surface area contributed by atoms with E-state index in [1.807, 2.05) is 0 Å². The van der Waals surface area contributed by atoms with Crippen molar-refractivity contribution < 1.29 is 14.0 Å². The van der Waals surface area contributed by atoms with Gasteiger partial charge in [-0.3, -0.25) is 9.59 Å². The molecule has 0 bridgehead atoms. The van der Waals surface area contributed by atoms with E-state index in [2.05, 4.69) is 21.8 Å². The van der Waals surface area contributed by atoms with Gasteiger partial charge in [0.05, 0.1) is 6.26 Å². The molecule has 0 spiro atoms. The van der Waals surface area contributed by atoms with Gasteiger partial charge in [0.15, 0.2) is 5.76 Å². The molecular formula is C20H27N5O3. The van der Waals surface area contributed by atoms with Crippen molar-refractivity contribution in [3.63, 3.8) is 0 Å². The molecule has 1 fully saturated rings. The molecular weight excluding hydrogens is 358 g/mol. The second kappa shape index (κ2) is 8.86. The third-order valence-electron chi connectivity index (χ3n) is 4.86. The zero-order valence-electron chi connectivity index (χ0n) is 16.7. The third-order valence-corrected chi connectivity index (χ3v) is 4.86. The van der Waals surface area contributed by atoms with E-state index in [1.54, 1.807) is 42.0 Å². The Kier molecular flexibility index (Phi) is 6.28. The van der Waals surface area contributed by atoms with Crippen LogP contribution in [0.1, 0.15) is 46.6 Å². The maximum absolute atomic E-state index is 12.7. The summed E-state index contributed by atoms with van der Waals surface area (Å²) in [7, 11) is 1.80. The quantitative estimate of drug-likeness (QED) is 0.758. The van der Waals surface area contributed by atoms with Gasteiger partial charge in [-0.25, -0.2) is 9.97 Å². The maximum Gasteiger partial charge on any atom is 0.289 e. The Labute approximate surface area is 165 Å². The standard InChI is InChI=1S/C20H27N5O3/c1-4-5-8-23(3)19(26)16-14-18(22-15(2)21-16)24-9-11-25(12-10-24)20(27)17-7-6-13-28-17/h6-7,13-14H,4-5,8-12H2,1-3H3. The van der Waals surface area contributed by atoms with Crippen molar-refractivity contribution in [3.8, 4) is 0 Å². The van der Waals surface area contributed by atoms with Crippen molar-refractivity contribution in [2.75, 3.05) is 44.7 Å². The number of carbonyl (C=O) groups is 2. The average molecular weight is 385 g/mol. The van der Waals surface area contributed by atoms with Crippen LogP contribution in [0.2, 0.25) is 0 Å². The van der Waals surface area contributed by atoms with E-state index in [4.69, 9.17) is 4.42 Å². The molecule has 2 amide bonds. The van der Waals surface area contributed by atoms with Gasteiger partial charge in [-0.1, -0.05) is 13.3 Å². The number of aromatic nitrogens is 2. The summed E-state index contributed by atoms with van der Waals surface area (Å²) in [6, 6.07) is 5.14. The molecule has 8 heteroatoms. The predicted molar refractivity (Wildman–Crippen MR) is 105 cm³/mol. The molecule has 8 nitrogen and oxygen atoms in total. The van der Waals surface area contributed by atoms with Gasteiger partial charge in [0.25, 0.3) is 11.8 Å². The van der Waals surface area contributed by atoms with E-state index in [1.165, 1.54) is 6.26 Å². The fourth-order valence-corrected chi connectivity index (χ4v) is 3.21. The summed E-state index contributed by atoms with van der Waals surface area (Å²) in [6.07, 6.45) is 3.50. The summed E-state index contributed by atoms with van der Waals surface area (Å²) in [5.74, 6) is 1.46. The van der Waals surface area contributed by atoms with E-state index in [9.17, 15) is 9.59 Å². The highest BCUT2D eigenvalue weighted by atomic mass is 16.3. The van der Waals surface area contributed by atoms with Crippen LogP contribution in [-0.4, -0.2) is 71.4 Å². The number of hydrogen-bond acceptors (Lipinski definition) is 6. The van der Waals surface area contributed by atoms with Crippen LogP contribution in [0.5, 0.6) is 0 Å². The number of carbonyl (C=O) groups excluding carboxylic acids is 2. The van der Waals surface area contributed by atoms with Crippen molar-refractivity contribution in [2.24, 2.45) is 0 Å². The number of nitrogens with zero attached hydrogens (tertiary/aromatic N) is 5. The highest BCUT2D eigenvalue weighted by Crippen LogP contribution is 2.17. The number of anilines is 1. The first-order valence-electron chi connectivity index (χ1n) is 9.68. The van der Waals surface area contributed by atoms with Crippen molar-refractivity contribution in [3.05, 3.63) is 41.7 Å². The predicted octanol–water partition coefficient (Wildman–Crippen LogP) is 2.21. The Morgan fingerprint density at radius 1 is 1.21 bits per heavy atom. The van der Waals surface area contributed by atoms with Crippen molar-refractivity contribution in [1.82, 2.24) is 19.8 Å². The molecule has 0 aliphatic carbocycles. The molecule has 1 aliphatic rings. The van der Waals surface area contributed by atoms with Crippen LogP contribution < -0.4 is 4.90 Å². The first-order valence-corrected chi connectivity index (χ1v) is 9.68. The minimum Gasteiger partial charge on any atom is -0.459 e. The molecule has 0 unspecified atom stereocenters. The lowest BCUT2D eigenvalue weighted by Gasteiger charge is -2.35. The second-order valence-corrected chi connectivity index (χ2v) is 7.00. The minimum atomic E-state index is -0.100. The summed E-state index contributed by atoms with van der Waals surface area (Å²) >= 11 is 0. The molecule has 1 aliphatic heterocycles. The molecule has 0 N–H and O–H groups in total. The van der Waals surface area contributed by atoms with Crippen molar-refractivity contribution >= 4 is 17.6 Å². The van der Waals surface area contributed by atoms with Gasteiger partial charge in [0, 0.05) is 45.8 Å². The zero-order chi connectivity index (χ0) is 20.1. The number of furan rings is 1. The number of hydrogen-bond donors (Lipinski definition) is 0. The van der Waals surface area contributed by atoms with Crippen molar-refractivity contribution in [2.45, 2.75) is 26.7 Å². The molecule has 0 aromatic carbocycles. The number of unbranched alkanes of at least 4 members (excludes halogenated alkanes) is 1. The highest BCUT2D eigenvalue weighted by molar-refractivity contribution is 5.93. The molecule has 28 heavy (non-hydrogen) atoms. The third kappa shape index (κ3) is 4.49. The van der Waals surface area contributed by atoms with Gasteiger partial charge >= 0.3 is 0 Å². The van der Waals surface area contributed by atoms with E-state index in [-0.39, 0.29) is 11.8 Å². The number of rotatable bonds is 6. The smallest absolute Gasteiger partial charge is 0.289 e. The summed E-state index contributed by atoms with van der Waals surface area (Å²) in [5, 5.41) is 0. The Bertz CT molecular complexity index is 813. The lowest BCUT2D eigenvalue weighted by atomic mass is 10.2.